The predicted molar refractivity (Wildman–Crippen MR) is 47.7 cm³/mol. The van der Waals surface area contributed by atoms with E-state index in [9.17, 15) is 4.21 Å². The van der Waals surface area contributed by atoms with Crippen molar-refractivity contribution in [2.24, 2.45) is 0 Å². The highest BCUT2D eigenvalue weighted by Crippen LogP contribution is 2.08. The van der Waals surface area contributed by atoms with Gasteiger partial charge in [-0.1, -0.05) is 22.7 Å². The summed E-state index contributed by atoms with van der Waals surface area (Å²) >= 11 is 3.48. The summed E-state index contributed by atoms with van der Waals surface area (Å²) in [6.45, 7) is 1.95. The summed E-state index contributed by atoms with van der Waals surface area (Å²) in [5.41, 5.74) is 1.11. The molecule has 66 valence electrons. The average molecular weight is 206 g/mol. The van der Waals surface area contributed by atoms with Gasteiger partial charge in [0, 0.05) is 11.8 Å². The molecule has 1 rings (SSSR count). The van der Waals surface area contributed by atoms with E-state index in [0.29, 0.717) is 4.90 Å². The molecule has 1 atom stereocenters. The van der Waals surface area contributed by atoms with Crippen molar-refractivity contribution in [2.75, 3.05) is 0 Å². The molecule has 0 amide bonds. The van der Waals surface area contributed by atoms with Crippen LogP contribution in [0.4, 0.5) is 0 Å². The van der Waals surface area contributed by atoms with Crippen molar-refractivity contribution < 1.29 is 8.49 Å². The Morgan fingerprint density at radius 3 is 2.50 bits per heavy atom. The van der Waals surface area contributed by atoms with Crippen LogP contribution in [0.25, 0.3) is 0 Å². The molecule has 0 saturated heterocycles. The van der Waals surface area contributed by atoms with Gasteiger partial charge in [0.2, 0.25) is 11.1 Å². The van der Waals surface area contributed by atoms with Crippen molar-refractivity contribution in [3.8, 4) is 0 Å². The van der Waals surface area contributed by atoms with Gasteiger partial charge in [0.15, 0.2) is 0 Å². The number of benzene rings is 1. The molecule has 1 aromatic carbocycles. The first-order chi connectivity index (χ1) is 5.74. The van der Waals surface area contributed by atoms with E-state index in [0.717, 1.165) is 5.56 Å². The molecule has 1 aromatic rings. The zero-order chi connectivity index (χ0) is 8.97. The van der Waals surface area contributed by atoms with Gasteiger partial charge in [-0.25, -0.2) is 4.21 Å². The van der Waals surface area contributed by atoms with Crippen LogP contribution in [-0.2, 0) is 15.4 Å². The van der Waals surface area contributed by atoms with E-state index < -0.39 is 11.1 Å². The molecular formula is C7H8ClNO2S. The van der Waals surface area contributed by atoms with Gasteiger partial charge in [-0.15, -0.1) is 0 Å². The monoisotopic (exact) mass is 205 g/mol. The van der Waals surface area contributed by atoms with Crippen LogP contribution >= 0.6 is 11.8 Å². The lowest BCUT2D eigenvalue weighted by Gasteiger charge is -1.99. The maximum atomic E-state index is 11.1. The lowest BCUT2D eigenvalue weighted by atomic mass is 10.2. The Morgan fingerprint density at radius 2 is 2.00 bits per heavy atom. The SMILES string of the molecule is Cc1ccc(S(=O)ONCl)cc1. The summed E-state index contributed by atoms with van der Waals surface area (Å²) in [5.74, 6) is 0. The summed E-state index contributed by atoms with van der Waals surface area (Å²) in [7, 11) is 0. The fraction of sp³-hybridized carbons (Fsp3) is 0.143. The number of rotatable bonds is 3. The van der Waals surface area contributed by atoms with E-state index in [1.807, 2.05) is 24.1 Å². The number of hydrogen-bond acceptors (Lipinski definition) is 3. The summed E-state index contributed by atoms with van der Waals surface area (Å²) in [6, 6.07) is 7.15. The summed E-state index contributed by atoms with van der Waals surface area (Å²) in [6.07, 6.45) is 0. The Balaban J connectivity index is 2.75. The second-order valence-corrected chi connectivity index (χ2v) is 3.47. The Labute approximate surface area is 78.4 Å². The third-order valence-corrected chi connectivity index (χ3v) is 2.38. The summed E-state index contributed by atoms with van der Waals surface area (Å²) in [5, 5.41) is 0. The molecule has 1 unspecified atom stereocenters. The molecule has 3 nitrogen and oxygen atoms in total. The molecular weight excluding hydrogens is 198 g/mol. The lowest BCUT2D eigenvalue weighted by Crippen LogP contribution is -2.04. The smallest absolute Gasteiger partial charge is 0.207 e. The number of nitrogens with one attached hydrogen (secondary N) is 1. The molecule has 0 radical (unpaired) electrons. The standard InChI is InChI=1S/C7H8ClNO2S/c1-6-2-4-7(5-3-6)12(10)11-9-8/h2-5,9H,1H3. The first-order valence-corrected chi connectivity index (χ1v) is 4.70. The van der Waals surface area contributed by atoms with Crippen molar-refractivity contribution in [1.82, 2.24) is 5.00 Å². The molecule has 0 aromatic heterocycles. The second-order valence-electron chi connectivity index (χ2n) is 2.21. The third-order valence-electron chi connectivity index (χ3n) is 1.32. The topological polar surface area (TPSA) is 38.3 Å². The van der Waals surface area contributed by atoms with Gasteiger partial charge in [-0.05, 0) is 19.1 Å². The highest BCUT2D eigenvalue weighted by atomic mass is 35.5. The van der Waals surface area contributed by atoms with Crippen molar-refractivity contribution in [2.45, 2.75) is 11.8 Å². The van der Waals surface area contributed by atoms with Gasteiger partial charge in [0.1, 0.15) is 0 Å². The number of hydrogen-bond donors (Lipinski definition) is 1. The molecule has 1 N–H and O–H groups in total. The highest BCUT2D eigenvalue weighted by molar-refractivity contribution is 7.80. The Kier molecular flexibility index (Phi) is 3.68. The maximum absolute atomic E-state index is 11.1. The Morgan fingerprint density at radius 1 is 1.42 bits per heavy atom. The van der Waals surface area contributed by atoms with Crippen molar-refractivity contribution in [1.29, 1.82) is 0 Å². The van der Waals surface area contributed by atoms with E-state index in [1.54, 1.807) is 12.1 Å². The molecule has 0 fully saturated rings. The van der Waals surface area contributed by atoms with Crippen LogP contribution in [0.1, 0.15) is 5.56 Å². The first kappa shape index (κ1) is 9.67. The average Bonchev–Trinajstić information content (AvgIpc) is 2.06. The molecule has 0 bridgehead atoms. The zero-order valence-electron chi connectivity index (χ0n) is 6.41. The predicted octanol–water partition coefficient (Wildman–Crippen LogP) is 1.69. The first-order valence-electron chi connectivity index (χ1n) is 3.25. The van der Waals surface area contributed by atoms with E-state index in [2.05, 4.69) is 4.28 Å². The number of halogens is 1. The minimum atomic E-state index is -1.53. The third kappa shape index (κ3) is 2.57. The van der Waals surface area contributed by atoms with Crippen molar-refractivity contribution in [3.63, 3.8) is 0 Å². The van der Waals surface area contributed by atoms with E-state index in [1.165, 1.54) is 0 Å². The molecule has 0 aliphatic carbocycles. The molecule has 5 heteroatoms. The van der Waals surface area contributed by atoms with Crippen LogP contribution in [0.5, 0.6) is 0 Å². The molecule has 0 saturated carbocycles. The van der Waals surface area contributed by atoms with Crippen LogP contribution in [0.15, 0.2) is 29.2 Å². The molecule has 0 aliphatic rings. The fourth-order valence-corrected chi connectivity index (χ4v) is 1.41. The van der Waals surface area contributed by atoms with E-state index >= 15 is 0 Å². The molecule has 0 heterocycles. The summed E-state index contributed by atoms with van der Waals surface area (Å²) in [4.78, 5) is 2.43. The highest BCUT2D eigenvalue weighted by Gasteiger charge is 2.02. The Hall–Kier alpha value is -0.420. The second kappa shape index (κ2) is 4.57. The van der Waals surface area contributed by atoms with Gasteiger partial charge in [0.25, 0.3) is 0 Å². The van der Waals surface area contributed by atoms with Crippen molar-refractivity contribution >= 4 is 22.9 Å². The number of aryl methyl sites for hydroxylation is 1. The maximum Gasteiger partial charge on any atom is 0.207 e. The Bertz CT molecular complexity index is 275. The van der Waals surface area contributed by atoms with Crippen LogP contribution in [0.2, 0.25) is 0 Å². The van der Waals surface area contributed by atoms with Gasteiger partial charge in [-0.2, -0.15) is 4.28 Å². The van der Waals surface area contributed by atoms with Crippen LogP contribution in [0, 0.1) is 6.92 Å². The van der Waals surface area contributed by atoms with Gasteiger partial charge in [-0.3, -0.25) is 0 Å². The van der Waals surface area contributed by atoms with Crippen LogP contribution in [-0.4, -0.2) is 4.21 Å². The quantitative estimate of drug-likeness (QED) is 0.603. The molecule has 0 aliphatic heterocycles. The largest absolute Gasteiger partial charge is 0.223 e. The fourth-order valence-electron chi connectivity index (χ4n) is 0.726. The van der Waals surface area contributed by atoms with Gasteiger partial charge in [0.05, 0.1) is 4.90 Å². The molecule has 0 spiro atoms. The minimum absolute atomic E-state index is 0.578. The lowest BCUT2D eigenvalue weighted by molar-refractivity contribution is 0.309. The normalized spacial score (nSPS) is 12.8. The van der Waals surface area contributed by atoms with Crippen LogP contribution in [0.3, 0.4) is 0 Å². The van der Waals surface area contributed by atoms with Crippen LogP contribution < -0.4 is 5.00 Å². The molecule has 12 heavy (non-hydrogen) atoms. The van der Waals surface area contributed by atoms with Gasteiger partial charge >= 0.3 is 0 Å². The van der Waals surface area contributed by atoms with E-state index in [-0.39, 0.29) is 0 Å². The van der Waals surface area contributed by atoms with E-state index in [4.69, 9.17) is 11.8 Å². The van der Waals surface area contributed by atoms with Crippen molar-refractivity contribution in [3.05, 3.63) is 29.8 Å². The van der Waals surface area contributed by atoms with Gasteiger partial charge < -0.3 is 0 Å². The zero-order valence-corrected chi connectivity index (χ0v) is 7.98. The summed E-state index contributed by atoms with van der Waals surface area (Å²) < 4.78 is 15.6. The minimum Gasteiger partial charge on any atom is -0.223 e.